The Hall–Kier alpha value is -1.14. The van der Waals surface area contributed by atoms with E-state index < -0.39 is 12.1 Å². The average Bonchev–Trinajstić information content (AvgIpc) is 2.27. The van der Waals surface area contributed by atoms with Crippen molar-refractivity contribution in [2.75, 3.05) is 19.7 Å². The van der Waals surface area contributed by atoms with Crippen LogP contribution >= 0.6 is 0 Å². The number of carbonyl (C=O) groups excluding carboxylic acids is 1. The molecule has 3 N–H and O–H groups in total. The number of aliphatic carboxylic acids is 1. The molecule has 17 heavy (non-hydrogen) atoms. The van der Waals surface area contributed by atoms with E-state index in [1.165, 1.54) is 0 Å². The second-order valence-electron chi connectivity index (χ2n) is 4.93. The zero-order chi connectivity index (χ0) is 12.5. The number of carboxylic acids is 1. The number of amides is 1. The first-order chi connectivity index (χ1) is 8.00. The van der Waals surface area contributed by atoms with Gasteiger partial charge in [0.15, 0.2) is 6.10 Å². The predicted octanol–water partition coefficient (Wildman–Crippen LogP) is -0.430. The molecule has 2 fully saturated rings. The molecular weight excluding hydrogens is 224 g/mol. The number of hydrogen-bond donors (Lipinski definition) is 2. The van der Waals surface area contributed by atoms with Crippen molar-refractivity contribution >= 4 is 11.9 Å². The van der Waals surface area contributed by atoms with Gasteiger partial charge in [0, 0.05) is 18.5 Å². The van der Waals surface area contributed by atoms with Gasteiger partial charge in [0.1, 0.15) is 0 Å². The van der Waals surface area contributed by atoms with Gasteiger partial charge >= 0.3 is 5.97 Å². The minimum Gasteiger partial charge on any atom is -0.479 e. The minimum absolute atomic E-state index is 0.0539. The first-order valence-electron chi connectivity index (χ1n) is 5.91. The van der Waals surface area contributed by atoms with Gasteiger partial charge in [0.05, 0.1) is 13.2 Å². The van der Waals surface area contributed by atoms with Gasteiger partial charge in [-0.1, -0.05) is 0 Å². The maximum absolute atomic E-state index is 12.0. The summed E-state index contributed by atoms with van der Waals surface area (Å²) < 4.78 is 5.07. The highest BCUT2D eigenvalue weighted by molar-refractivity contribution is 5.79. The van der Waals surface area contributed by atoms with Gasteiger partial charge in [0.25, 0.3) is 0 Å². The third kappa shape index (κ3) is 2.76. The third-order valence-corrected chi connectivity index (χ3v) is 3.55. The van der Waals surface area contributed by atoms with Gasteiger partial charge in [-0.3, -0.25) is 4.79 Å². The lowest BCUT2D eigenvalue weighted by Gasteiger charge is -2.40. The number of rotatable bonds is 3. The number of nitrogens with zero attached hydrogens (tertiary/aromatic N) is 1. The van der Waals surface area contributed by atoms with E-state index in [0.717, 1.165) is 19.3 Å². The highest BCUT2D eigenvalue weighted by Gasteiger charge is 2.37. The summed E-state index contributed by atoms with van der Waals surface area (Å²) in [5, 5.41) is 8.84. The molecule has 0 aromatic heterocycles. The number of nitrogens with two attached hydrogens (primary N) is 1. The van der Waals surface area contributed by atoms with Gasteiger partial charge in [-0.15, -0.1) is 0 Å². The molecule has 1 aliphatic heterocycles. The summed E-state index contributed by atoms with van der Waals surface area (Å²) >= 11 is 0. The van der Waals surface area contributed by atoms with Crippen LogP contribution < -0.4 is 5.73 Å². The summed E-state index contributed by atoms with van der Waals surface area (Å²) in [7, 11) is 0. The van der Waals surface area contributed by atoms with Crippen LogP contribution in [-0.4, -0.2) is 53.2 Å². The normalized spacial score (nSPS) is 27.4. The second kappa shape index (κ2) is 4.62. The van der Waals surface area contributed by atoms with E-state index in [4.69, 9.17) is 15.6 Å². The number of carboxylic acid groups (broad SMARTS) is 1. The van der Waals surface area contributed by atoms with Crippen molar-refractivity contribution in [1.29, 1.82) is 0 Å². The molecule has 1 aliphatic carbocycles. The Labute approximate surface area is 99.7 Å². The van der Waals surface area contributed by atoms with Crippen molar-refractivity contribution in [2.24, 2.45) is 5.73 Å². The molecule has 96 valence electrons. The van der Waals surface area contributed by atoms with Crippen molar-refractivity contribution in [3.8, 4) is 0 Å². The Morgan fingerprint density at radius 1 is 1.47 bits per heavy atom. The summed E-state index contributed by atoms with van der Waals surface area (Å²) in [5.41, 5.74) is 5.66. The highest BCUT2D eigenvalue weighted by atomic mass is 16.5. The maximum atomic E-state index is 12.0. The van der Waals surface area contributed by atoms with Crippen LogP contribution in [-0.2, 0) is 14.3 Å². The van der Waals surface area contributed by atoms with Crippen molar-refractivity contribution in [3.05, 3.63) is 0 Å². The van der Waals surface area contributed by atoms with E-state index in [-0.39, 0.29) is 24.6 Å². The fourth-order valence-electron chi connectivity index (χ4n) is 2.25. The summed E-state index contributed by atoms with van der Waals surface area (Å²) in [5.74, 6) is -1.07. The maximum Gasteiger partial charge on any atom is 0.334 e. The monoisotopic (exact) mass is 242 g/mol. The molecule has 1 unspecified atom stereocenters. The molecule has 2 aliphatic rings. The number of ether oxygens (including phenoxy) is 1. The van der Waals surface area contributed by atoms with Gasteiger partial charge in [-0.2, -0.15) is 0 Å². The zero-order valence-corrected chi connectivity index (χ0v) is 9.72. The Balaban J connectivity index is 1.88. The molecule has 1 saturated carbocycles. The predicted molar refractivity (Wildman–Crippen MR) is 59.3 cm³/mol. The van der Waals surface area contributed by atoms with Crippen LogP contribution in [0, 0.1) is 0 Å². The molecule has 0 aromatic carbocycles. The molecule has 0 bridgehead atoms. The van der Waals surface area contributed by atoms with E-state index >= 15 is 0 Å². The molecule has 1 amide bonds. The standard InChI is InChI=1S/C11H18N2O4/c12-11(2-1-3-11)6-9(14)13-4-5-17-8(7-13)10(15)16/h8H,1-7,12H2,(H,15,16). The van der Waals surface area contributed by atoms with Crippen LogP contribution in [0.5, 0.6) is 0 Å². The minimum atomic E-state index is -1.02. The number of carbonyl (C=O) groups is 2. The molecule has 6 nitrogen and oxygen atoms in total. The SMILES string of the molecule is NC1(CC(=O)N2CCOC(C(=O)O)C2)CCC1. The van der Waals surface area contributed by atoms with Crippen LogP contribution in [0.15, 0.2) is 0 Å². The molecular formula is C11H18N2O4. The van der Waals surface area contributed by atoms with Crippen LogP contribution in [0.2, 0.25) is 0 Å². The largest absolute Gasteiger partial charge is 0.479 e. The first-order valence-corrected chi connectivity index (χ1v) is 5.91. The molecule has 1 atom stereocenters. The summed E-state index contributed by atoms with van der Waals surface area (Å²) in [6.45, 7) is 0.864. The topological polar surface area (TPSA) is 92.9 Å². The third-order valence-electron chi connectivity index (χ3n) is 3.55. The van der Waals surface area contributed by atoms with Crippen LogP contribution in [0.25, 0.3) is 0 Å². The van der Waals surface area contributed by atoms with Crippen molar-refractivity contribution in [1.82, 2.24) is 4.90 Å². The summed E-state index contributed by atoms with van der Waals surface area (Å²) in [6.07, 6.45) is 2.25. The van der Waals surface area contributed by atoms with Crippen LogP contribution in [0.3, 0.4) is 0 Å². The number of hydrogen-bond acceptors (Lipinski definition) is 4. The van der Waals surface area contributed by atoms with Crippen molar-refractivity contribution < 1.29 is 19.4 Å². The van der Waals surface area contributed by atoms with Gasteiger partial charge < -0.3 is 20.5 Å². The highest BCUT2D eigenvalue weighted by Crippen LogP contribution is 2.32. The molecule has 6 heteroatoms. The van der Waals surface area contributed by atoms with Crippen LogP contribution in [0.4, 0.5) is 0 Å². The lowest BCUT2D eigenvalue weighted by Crippen LogP contribution is -2.54. The second-order valence-corrected chi connectivity index (χ2v) is 4.93. The zero-order valence-electron chi connectivity index (χ0n) is 9.72. The summed E-state index contributed by atoms with van der Waals surface area (Å²) in [4.78, 5) is 24.3. The van der Waals surface area contributed by atoms with E-state index in [0.29, 0.717) is 13.0 Å². The molecule has 0 radical (unpaired) electrons. The van der Waals surface area contributed by atoms with Crippen LogP contribution in [0.1, 0.15) is 25.7 Å². The lowest BCUT2D eigenvalue weighted by atomic mass is 9.75. The van der Waals surface area contributed by atoms with Gasteiger partial charge in [-0.25, -0.2) is 4.79 Å². The molecule has 0 spiro atoms. The Bertz CT molecular complexity index is 327. The van der Waals surface area contributed by atoms with E-state index in [9.17, 15) is 9.59 Å². The molecule has 1 saturated heterocycles. The fraction of sp³-hybridized carbons (Fsp3) is 0.818. The quantitative estimate of drug-likeness (QED) is 0.700. The fourth-order valence-corrected chi connectivity index (χ4v) is 2.25. The van der Waals surface area contributed by atoms with Gasteiger partial charge in [-0.05, 0) is 19.3 Å². The smallest absolute Gasteiger partial charge is 0.334 e. The molecule has 0 aromatic rings. The molecule has 2 rings (SSSR count). The van der Waals surface area contributed by atoms with Crippen molar-refractivity contribution in [2.45, 2.75) is 37.3 Å². The number of morpholine rings is 1. The Kier molecular flexibility index (Phi) is 3.35. The van der Waals surface area contributed by atoms with E-state index in [1.54, 1.807) is 4.90 Å². The summed E-state index contributed by atoms with van der Waals surface area (Å²) in [6, 6.07) is 0. The average molecular weight is 242 g/mol. The lowest BCUT2D eigenvalue weighted by molar-refractivity contribution is -0.159. The molecule has 1 heterocycles. The van der Waals surface area contributed by atoms with Crippen molar-refractivity contribution in [3.63, 3.8) is 0 Å². The Morgan fingerprint density at radius 3 is 2.71 bits per heavy atom. The van der Waals surface area contributed by atoms with E-state index in [1.807, 2.05) is 0 Å². The van der Waals surface area contributed by atoms with E-state index in [2.05, 4.69) is 0 Å². The first kappa shape index (κ1) is 12.3. The Morgan fingerprint density at radius 2 is 2.18 bits per heavy atom. The van der Waals surface area contributed by atoms with Gasteiger partial charge in [0.2, 0.25) is 5.91 Å².